The van der Waals surface area contributed by atoms with Crippen LogP contribution in [0.4, 0.5) is 0 Å². The molecule has 0 unspecified atom stereocenters. The topological polar surface area (TPSA) is 19.7 Å². The van der Waals surface area contributed by atoms with Crippen molar-refractivity contribution in [3.05, 3.63) is 267 Å². The fraction of sp³-hybridized carbons (Fsp3) is 0. The van der Waals surface area contributed by atoms with Crippen LogP contribution < -0.4 is 0 Å². The van der Waals surface area contributed by atoms with E-state index in [-0.39, 0.29) is 0 Å². The Morgan fingerprint density at radius 3 is 0.714 bits per heavy atom. The highest BCUT2D eigenvalue weighted by Crippen LogP contribution is 2.40. The molecule has 70 heavy (non-hydrogen) atoms. The van der Waals surface area contributed by atoms with Crippen LogP contribution >= 0.6 is 0 Å². The number of hydrogen-bond acceptors (Lipinski definition) is 0. The van der Waals surface area contributed by atoms with Crippen LogP contribution in [0.2, 0.25) is 0 Å². The number of aromatic nitrogens is 4. The summed E-state index contributed by atoms with van der Waals surface area (Å²) >= 11 is 0. The van der Waals surface area contributed by atoms with Gasteiger partial charge in [-0.3, -0.25) is 0 Å². The molecule has 0 N–H and O–H groups in total. The van der Waals surface area contributed by atoms with E-state index in [1.807, 2.05) is 0 Å². The molecule has 15 rings (SSSR count). The molecular formula is C66H44N4. The van der Waals surface area contributed by atoms with Gasteiger partial charge in [-0.25, -0.2) is 0 Å². The third-order valence-corrected chi connectivity index (χ3v) is 14.2. The lowest BCUT2D eigenvalue weighted by molar-refractivity contribution is 1.10. The zero-order chi connectivity index (χ0) is 46.1. The van der Waals surface area contributed by atoms with Crippen LogP contribution in [0.5, 0.6) is 0 Å². The molecule has 0 aliphatic rings. The second-order valence-corrected chi connectivity index (χ2v) is 18.1. The summed E-state index contributed by atoms with van der Waals surface area (Å²) in [5.41, 5.74) is 16.8. The number of nitrogens with zero attached hydrogens (tertiary/aromatic N) is 4. The molecule has 0 saturated carbocycles. The van der Waals surface area contributed by atoms with Crippen LogP contribution in [0.3, 0.4) is 0 Å². The molecule has 4 heteroatoms. The molecule has 0 saturated heterocycles. The maximum atomic E-state index is 2.43. The standard InChI is InChI=1S/C42H27N3.C24H17N/c1-7-19-37-31(13-1)32-14-2-8-20-38(32)43(37)28-25-29(44-39-21-9-3-15-33(39)34-16-4-10-22-40(34)44)27-30(26-28)45-41-23-11-5-17-35(41)36-18-6-12-24-42(36)45;1-2-10-18(11-3-1)19-12-4-7-15-22(19)25-23-16-8-5-13-20(23)21-14-6-9-17-24(21)25/h1-27H;1-17H. The maximum Gasteiger partial charge on any atom is 0.0541 e. The van der Waals surface area contributed by atoms with Crippen molar-refractivity contribution < 1.29 is 0 Å². The van der Waals surface area contributed by atoms with E-state index in [0.29, 0.717) is 0 Å². The van der Waals surface area contributed by atoms with Crippen molar-refractivity contribution in [3.63, 3.8) is 0 Å². The van der Waals surface area contributed by atoms with E-state index in [4.69, 9.17) is 0 Å². The minimum atomic E-state index is 1.13. The average molecular weight is 893 g/mol. The Bertz CT molecular complexity index is 3950. The van der Waals surface area contributed by atoms with Crippen LogP contribution in [-0.4, -0.2) is 18.3 Å². The second kappa shape index (κ2) is 16.2. The van der Waals surface area contributed by atoms with Crippen molar-refractivity contribution in [2.45, 2.75) is 0 Å². The van der Waals surface area contributed by atoms with Crippen molar-refractivity contribution >= 4 is 87.2 Å². The van der Waals surface area contributed by atoms with Crippen molar-refractivity contribution in [2.24, 2.45) is 0 Å². The SMILES string of the molecule is c1ccc(-c2ccccc2-n2c3ccccc3c3ccccc32)cc1.c1ccc2c(c1)c1ccccc1n2-c1cc(-n2c3ccccc3c3ccccc32)cc(-n2c3ccccc3c3ccccc32)c1. The lowest BCUT2D eigenvalue weighted by Gasteiger charge is -2.17. The van der Waals surface area contributed by atoms with Crippen LogP contribution in [0.15, 0.2) is 267 Å². The summed E-state index contributed by atoms with van der Waals surface area (Å²) < 4.78 is 9.67. The number of hydrogen-bond donors (Lipinski definition) is 0. The third kappa shape index (κ3) is 6.17. The summed E-state index contributed by atoms with van der Waals surface area (Å²) in [6, 6.07) is 96.1. The van der Waals surface area contributed by atoms with Gasteiger partial charge in [0.15, 0.2) is 0 Å². The Morgan fingerprint density at radius 2 is 0.414 bits per heavy atom. The Labute approximate surface area is 404 Å². The third-order valence-electron chi connectivity index (χ3n) is 14.2. The first-order valence-electron chi connectivity index (χ1n) is 24.0. The first-order chi connectivity index (χ1) is 34.8. The van der Waals surface area contributed by atoms with Crippen molar-refractivity contribution in [1.29, 1.82) is 0 Å². The Balaban J connectivity index is 0.000000155. The molecule has 0 aliphatic carbocycles. The molecule has 4 aromatic heterocycles. The highest BCUT2D eigenvalue weighted by Gasteiger charge is 2.20. The molecule has 328 valence electrons. The Kier molecular flexibility index (Phi) is 9.17. The molecule has 0 radical (unpaired) electrons. The van der Waals surface area contributed by atoms with E-state index in [0.717, 1.165) is 17.1 Å². The molecule has 11 aromatic carbocycles. The largest absolute Gasteiger partial charge is 0.309 e. The molecule has 0 fully saturated rings. The maximum absolute atomic E-state index is 2.43. The predicted molar refractivity (Wildman–Crippen MR) is 296 cm³/mol. The van der Waals surface area contributed by atoms with Gasteiger partial charge in [0.2, 0.25) is 0 Å². The van der Waals surface area contributed by atoms with E-state index in [2.05, 4.69) is 285 Å². The zero-order valence-corrected chi connectivity index (χ0v) is 38.2. The molecular weight excluding hydrogens is 849 g/mol. The average Bonchev–Trinajstić information content (AvgIpc) is 4.16. The normalized spacial score (nSPS) is 11.7. The van der Waals surface area contributed by atoms with E-state index in [9.17, 15) is 0 Å². The van der Waals surface area contributed by atoms with E-state index in [1.165, 1.54) is 104 Å². The van der Waals surface area contributed by atoms with Gasteiger partial charge in [0.25, 0.3) is 0 Å². The monoisotopic (exact) mass is 892 g/mol. The Hall–Kier alpha value is -9.38. The molecule has 4 nitrogen and oxygen atoms in total. The lowest BCUT2D eigenvalue weighted by atomic mass is 10.0. The van der Waals surface area contributed by atoms with Gasteiger partial charge in [-0.05, 0) is 78.4 Å². The van der Waals surface area contributed by atoms with Crippen molar-refractivity contribution in [3.8, 4) is 33.9 Å². The van der Waals surface area contributed by atoms with Gasteiger partial charge in [-0.1, -0.05) is 194 Å². The fourth-order valence-corrected chi connectivity index (χ4v) is 11.3. The second-order valence-electron chi connectivity index (χ2n) is 18.1. The first-order valence-corrected chi connectivity index (χ1v) is 24.0. The van der Waals surface area contributed by atoms with E-state index >= 15 is 0 Å². The predicted octanol–water partition coefficient (Wildman–Crippen LogP) is 17.4. The lowest BCUT2D eigenvalue weighted by Crippen LogP contribution is -2.03. The Morgan fingerprint density at radius 1 is 0.186 bits per heavy atom. The minimum absolute atomic E-state index is 1.13. The summed E-state index contributed by atoms with van der Waals surface area (Å²) in [5, 5.41) is 10.1. The summed E-state index contributed by atoms with van der Waals surface area (Å²) in [7, 11) is 0. The van der Waals surface area contributed by atoms with Gasteiger partial charge < -0.3 is 18.3 Å². The number of fused-ring (bicyclic) bond motifs is 12. The highest BCUT2D eigenvalue weighted by atomic mass is 15.0. The number of para-hydroxylation sites is 9. The van der Waals surface area contributed by atoms with E-state index < -0.39 is 0 Å². The smallest absolute Gasteiger partial charge is 0.0541 e. The van der Waals surface area contributed by atoms with Gasteiger partial charge in [-0.2, -0.15) is 0 Å². The summed E-state index contributed by atoms with van der Waals surface area (Å²) in [6.07, 6.45) is 0. The molecule has 4 heterocycles. The minimum Gasteiger partial charge on any atom is -0.309 e. The summed E-state index contributed by atoms with van der Waals surface area (Å²) in [6.45, 7) is 0. The summed E-state index contributed by atoms with van der Waals surface area (Å²) in [5.74, 6) is 0. The molecule has 0 bridgehead atoms. The van der Waals surface area contributed by atoms with Crippen molar-refractivity contribution in [2.75, 3.05) is 0 Å². The van der Waals surface area contributed by atoms with Crippen LogP contribution in [-0.2, 0) is 0 Å². The number of benzene rings is 11. The first kappa shape index (κ1) is 39.8. The molecule has 0 atom stereocenters. The van der Waals surface area contributed by atoms with Gasteiger partial charge in [0.05, 0.1) is 66.9 Å². The van der Waals surface area contributed by atoms with Crippen LogP contribution in [0.1, 0.15) is 0 Å². The quantitative estimate of drug-likeness (QED) is 0.164. The van der Waals surface area contributed by atoms with E-state index in [1.54, 1.807) is 0 Å². The number of rotatable bonds is 5. The highest BCUT2D eigenvalue weighted by molar-refractivity contribution is 6.13. The molecule has 15 aromatic rings. The van der Waals surface area contributed by atoms with Crippen molar-refractivity contribution in [1.82, 2.24) is 18.3 Å². The van der Waals surface area contributed by atoms with Gasteiger partial charge >= 0.3 is 0 Å². The molecule has 0 amide bonds. The van der Waals surface area contributed by atoms with Gasteiger partial charge in [0.1, 0.15) is 0 Å². The van der Waals surface area contributed by atoms with Gasteiger partial charge in [0, 0.05) is 48.7 Å². The summed E-state index contributed by atoms with van der Waals surface area (Å²) in [4.78, 5) is 0. The van der Waals surface area contributed by atoms with Crippen LogP contribution in [0, 0.1) is 0 Å². The van der Waals surface area contributed by atoms with Gasteiger partial charge in [-0.15, -0.1) is 0 Å². The molecule has 0 aliphatic heterocycles. The fourth-order valence-electron chi connectivity index (χ4n) is 11.3. The van der Waals surface area contributed by atoms with Crippen LogP contribution in [0.25, 0.3) is 121 Å². The molecule has 0 spiro atoms. The zero-order valence-electron chi connectivity index (χ0n) is 38.2.